The van der Waals surface area contributed by atoms with Crippen molar-refractivity contribution in [3.05, 3.63) is 72.2 Å². The fourth-order valence-corrected chi connectivity index (χ4v) is 3.35. The summed E-state index contributed by atoms with van der Waals surface area (Å²) in [6.07, 6.45) is 2.73. The minimum atomic E-state index is -0.322. The van der Waals surface area contributed by atoms with Gasteiger partial charge in [-0.1, -0.05) is 25.1 Å². The number of halogens is 1. The summed E-state index contributed by atoms with van der Waals surface area (Å²) in [5.41, 5.74) is 3.09. The number of nitrogens with one attached hydrogen (secondary N) is 2. The SMILES string of the molecule is C[C@@H]1C[C@@H]1C(=O)NCC(=O)NCc1cn(-c2ccccc2)nc1-c1ccc(F)cc1. The molecule has 0 spiro atoms. The number of aromatic nitrogens is 2. The third kappa shape index (κ3) is 4.56. The van der Waals surface area contributed by atoms with Gasteiger partial charge in [0.1, 0.15) is 5.82 Å². The molecule has 1 aliphatic rings. The molecule has 6 nitrogen and oxygen atoms in total. The topological polar surface area (TPSA) is 76.0 Å². The van der Waals surface area contributed by atoms with Crippen LogP contribution < -0.4 is 10.6 Å². The molecule has 1 aromatic heterocycles. The lowest BCUT2D eigenvalue weighted by molar-refractivity contribution is -0.127. The lowest BCUT2D eigenvalue weighted by Gasteiger charge is -2.07. The highest BCUT2D eigenvalue weighted by Crippen LogP contribution is 2.37. The van der Waals surface area contributed by atoms with Crippen molar-refractivity contribution >= 4 is 11.8 Å². The van der Waals surface area contributed by atoms with Gasteiger partial charge in [-0.25, -0.2) is 9.07 Å². The zero-order valence-electron chi connectivity index (χ0n) is 16.6. The maximum absolute atomic E-state index is 13.3. The van der Waals surface area contributed by atoms with Crippen LogP contribution in [0.1, 0.15) is 18.9 Å². The molecule has 1 fully saturated rings. The van der Waals surface area contributed by atoms with Crippen LogP contribution in [0.2, 0.25) is 0 Å². The molecule has 4 rings (SSSR count). The second kappa shape index (κ2) is 8.49. The Morgan fingerprint density at radius 3 is 2.47 bits per heavy atom. The Morgan fingerprint density at radius 2 is 1.80 bits per heavy atom. The predicted molar refractivity (Wildman–Crippen MR) is 111 cm³/mol. The zero-order valence-corrected chi connectivity index (χ0v) is 16.6. The first-order valence-electron chi connectivity index (χ1n) is 9.95. The standard InChI is InChI=1S/C23H23FN4O2/c1-15-11-20(15)23(30)26-13-21(29)25-12-17-14-28(19-5-3-2-4-6-19)27-22(17)16-7-9-18(24)10-8-16/h2-10,14-15,20H,11-13H2,1H3,(H,25,29)(H,26,30)/t15-,20+/m1/s1. The Morgan fingerprint density at radius 1 is 1.10 bits per heavy atom. The highest BCUT2D eigenvalue weighted by molar-refractivity contribution is 5.87. The van der Waals surface area contributed by atoms with Crippen molar-refractivity contribution < 1.29 is 14.0 Å². The van der Waals surface area contributed by atoms with Gasteiger partial charge in [0.2, 0.25) is 11.8 Å². The van der Waals surface area contributed by atoms with E-state index >= 15 is 0 Å². The van der Waals surface area contributed by atoms with Crippen LogP contribution in [0, 0.1) is 17.7 Å². The Kier molecular flexibility index (Phi) is 5.61. The van der Waals surface area contributed by atoms with E-state index in [1.165, 1.54) is 12.1 Å². The van der Waals surface area contributed by atoms with Gasteiger partial charge in [0.25, 0.3) is 0 Å². The molecule has 2 aromatic carbocycles. The van der Waals surface area contributed by atoms with E-state index in [0.717, 1.165) is 23.2 Å². The molecule has 0 aliphatic heterocycles. The molecule has 7 heteroatoms. The van der Waals surface area contributed by atoms with Gasteiger partial charge in [0.15, 0.2) is 0 Å². The van der Waals surface area contributed by atoms with E-state index in [1.807, 2.05) is 43.5 Å². The smallest absolute Gasteiger partial charge is 0.239 e. The molecular formula is C23H23FN4O2. The summed E-state index contributed by atoms with van der Waals surface area (Å²) in [6, 6.07) is 15.7. The van der Waals surface area contributed by atoms with Gasteiger partial charge in [0.05, 0.1) is 17.9 Å². The maximum atomic E-state index is 13.3. The predicted octanol–water partition coefficient (Wildman–Crippen LogP) is 3.07. The quantitative estimate of drug-likeness (QED) is 0.633. The van der Waals surface area contributed by atoms with Crippen molar-refractivity contribution in [1.82, 2.24) is 20.4 Å². The number of hydrogen-bond acceptors (Lipinski definition) is 3. The highest BCUT2D eigenvalue weighted by Gasteiger charge is 2.38. The van der Waals surface area contributed by atoms with Crippen LogP contribution in [-0.2, 0) is 16.1 Å². The first kappa shape index (κ1) is 19.8. The van der Waals surface area contributed by atoms with E-state index in [2.05, 4.69) is 15.7 Å². The molecule has 2 amide bonds. The number of rotatable bonds is 7. The molecule has 3 aromatic rings. The van der Waals surface area contributed by atoms with Crippen molar-refractivity contribution in [2.45, 2.75) is 19.9 Å². The van der Waals surface area contributed by atoms with Crippen molar-refractivity contribution in [2.75, 3.05) is 6.54 Å². The second-order valence-corrected chi connectivity index (χ2v) is 7.60. The number of amides is 2. The average molecular weight is 406 g/mol. The van der Waals surface area contributed by atoms with Crippen LogP contribution >= 0.6 is 0 Å². The summed E-state index contributed by atoms with van der Waals surface area (Å²) in [6.45, 7) is 2.21. The van der Waals surface area contributed by atoms with E-state index in [1.54, 1.807) is 16.8 Å². The molecule has 1 heterocycles. The largest absolute Gasteiger partial charge is 0.350 e. The van der Waals surface area contributed by atoms with Crippen LogP contribution in [0.15, 0.2) is 60.8 Å². The van der Waals surface area contributed by atoms with Crippen LogP contribution in [0.25, 0.3) is 16.9 Å². The Balaban J connectivity index is 1.48. The fourth-order valence-electron chi connectivity index (χ4n) is 3.35. The molecule has 1 saturated carbocycles. The molecule has 154 valence electrons. The summed E-state index contributed by atoms with van der Waals surface area (Å²) >= 11 is 0. The zero-order chi connectivity index (χ0) is 21.1. The first-order valence-corrected chi connectivity index (χ1v) is 9.95. The normalized spacial score (nSPS) is 17.4. The summed E-state index contributed by atoms with van der Waals surface area (Å²) in [5.74, 6) is -0.227. The first-order chi connectivity index (χ1) is 14.5. The number of para-hydroxylation sites is 1. The second-order valence-electron chi connectivity index (χ2n) is 7.60. The highest BCUT2D eigenvalue weighted by atomic mass is 19.1. The van der Waals surface area contributed by atoms with E-state index in [0.29, 0.717) is 11.6 Å². The lowest BCUT2D eigenvalue weighted by atomic mass is 10.1. The van der Waals surface area contributed by atoms with Gasteiger partial charge in [-0.05, 0) is 48.7 Å². The van der Waals surface area contributed by atoms with Crippen LogP contribution in [0.3, 0.4) is 0 Å². The van der Waals surface area contributed by atoms with Crippen LogP contribution in [0.5, 0.6) is 0 Å². The Hall–Kier alpha value is -3.48. The van der Waals surface area contributed by atoms with E-state index in [9.17, 15) is 14.0 Å². The number of carbonyl (C=O) groups is 2. The maximum Gasteiger partial charge on any atom is 0.239 e. The molecule has 30 heavy (non-hydrogen) atoms. The van der Waals surface area contributed by atoms with Gasteiger partial charge in [0, 0.05) is 29.8 Å². The molecule has 2 atom stereocenters. The molecule has 0 saturated heterocycles. The van der Waals surface area contributed by atoms with Crippen LogP contribution in [-0.4, -0.2) is 28.1 Å². The van der Waals surface area contributed by atoms with Gasteiger partial charge < -0.3 is 10.6 Å². The third-order valence-corrected chi connectivity index (χ3v) is 5.27. The number of carbonyl (C=O) groups excluding carboxylic acids is 2. The molecular weight excluding hydrogens is 383 g/mol. The number of benzene rings is 2. The summed E-state index contributed by atoms with van der Waals surface area (Å²) in [4.78, 5) is 24.1. The minimum Gasteiger partial charge on any atom is -0.350 e. The van der Waals surface area contributed by atoms with Gasteiger partial charge in [-0.2, -0.15) is 5.10 Å². The van der Waals surface area contributed by atoms with Gasteiger partial charge in [-0.3, -0.25) is 9.59 Å². The van der Waals surface area contributed by atoms with Gasteiger partial charge >= 0.3 is 0 Å². The molecule has 1 aliphatic carbocycles. The average Bonchev–Trinajstić information content (AvgIpc) is 3.34. The molecule has 0 radical (unpaired) electrons. The van der Waals surface area contributed by atoms with E-state index < -0.39 is 0 Å². The number of nitrogens with zero attached hydrogens (tertiary/aromatic N) is 2. The minimum absolute atomic E-state index is 0.0342. The molecule has 2 N–H and O–H groups in total. The molecule has 0 unspecified atom stereocenters. The summed E-state index contributed by atoms with van der Waals surface area (Å²) in [7, 11) is 0. The number of hydrogen-bond donors (Lipinski definition) is 2. The van der Waals surface area contributed by atoms with Crippen molar-refractivity contribution in [3.8, 4) is 16.9 Å². The van der Waals surface area contributed by atoms with E-state index in [4.69, 9.17) is 0 Å². The fraction of sp³-hybridized carbons (Fsp3) is 0.261. The van der Waals surface area contributed by atoms with Gasteiger partial charge in [-0.15, -0.1) is 0 Å². The van der Waals surface area contributed by atoms with Crippen molar-refractivity contribution in [3.63, 3.8) is 0 Å². The summed E-state index contributed by atoms with van der Waals surface area (Å²) < 4.78 is 15.1. The van der Waals surface area contributed by atoms with Crippen molar-refractivity contribution in [1.29, 1.82) is 0 Å². The monoisotopic (exact) mass is 406 g/mol. The Labute approximate surface area is 174 Å². The lowest BCUT2D eigenvalue weighted by Crippen LogP contribution is -2.37. The van der Waals surface area contributed by atoms with Crippen LogP contribution in [0.4, 0.5) is 4.39 Å². The van der Waals surface area contributed by atoms with Crippen molar-refractivity contribution in [2.24, 2.45) is 11.8 Å². The Bertz CT molecular complexity index is 1050. The van der Waals surface area contributed by atoms with E-state index in [-0.39, 0.29) is 36.6 Å². The third-order valence-electron chi connectivity index (χ3n) is 5.27. The summed E-state index contributed by atoms with van der Waals surface area (Å²) in [5, 5.41) is 10.2. The molecule has 0 bridgehead atoms.